The van der Waals surface area contributed by atoms with Crippen molar-refractivity contribution in [2.75, 3.05) is 5.32 Å². The smallest absolute Gasteiger partial charge is 0.131 e. The van der Waals surface area contributed by atoms with Gasteiger partial charge in [0.2, 0.25) is 0 Å². The molecule has 0 saturated heterocycles. The second-order valence-corrected chi connectivity index (χ2v) is 8.45. The average Bonchev–Trinajstić information content (AvgIpc) is 3.13. The second-order valence-electron chi connectivity index (χ2n) is 5.19. The summed E-state index contributed by atoms with van der Waals surface area (Å²) in [5.74, 6) is 0. The number of nitrogens with one attached hydrogen (secondary N) is 1. The molecule has 4 N–H and O–H groups in total. The molecule has 8 heteroatoms. The molecule has 0 fully saturated rings. The number of rotatable bonds is 5. The summed E-state index contributed by atoms with van der Waals surface area (Å²) in [7, 11) is 0. The largest absolute Gasteiger partial charge is 0.386 e. The van der Waals surface area contributed by atoms with Crippen molar-refractivity contribution >= 4 is 66.1 Å². The summed E-state index contributed by atoms with van der Waals surface area (Å²) in [6.07, 6.45) is -0.743. The summed E-state index contributed by atoms with van der Waals surface area (Å²) in [6, 6.07) is 5.54. The van der Waals surface area contributed by atoms with Crippen LogP contribution in [0.25, 0.3) is 10.2 Å². The van der Waals surface area contributed by atoms with Gasteiger partial charge in [-0.3, -0.25) is 0 Å². The standard InChI is InChI=1S/C15H15BrClN3OS2/c1-7(18)13(21)15-11(16)12-14(23-15)9(5-10(17)20-12)19-6-8-3-2-4-22-8/h2-5,7,13,21H,6,18H2,1H3,(H,19,20). The Balaban J connectivity index is 2.02. The first-order chi connectivity index (χ1) is 11.0. The SMILES string of the molecule is CC(N)C(O)c1sc2c(NCc3cccs3)cc(Cl)nc2c1Br. The number of hydrogen-bond acceptors (Lipinski definition) is 6. The lowest BCUT2D eigenvalue weighted by atomic mass is 10.1. The van der Waals surface area contributed by atoms with Gasteiger partial charge >= 0.3 is 0 Å². The van der Waals surface area contributed by atoms with Crippen molar-refractivity contribution in [1.29, 1.82) is 0 Å². The van der Waals surface area contributed by atoms with Crippen LogP contribution in [0, 0.1) is 0 Å². The Morgan fingerprint density at radius 3 is 2.96 bits per heavy atom. The number of aliphatic hydroxyl groups is 1. The van der Waals surface area contributed by atoms with E-state index in [9.17, 15) is 5.11 Å². The molecular formula is C15H15BrClN3OS2. The van der Waals surface area contributed by atoms with E-state index in [1.54, 1.807) is 18.3 Å². The van der Waals surface area contributed by atoms with Crippen LogP contribution < -0.4 is 11.1 Å². The van der Waals surface area contributed by atoms with Gasteiger partial charge in [-0.1, -0.05) is 17.7 Å². The highest BCUT2D eigenvalue weighted by Gasteiger charge is 2.23. The van der Waals surface area contributed by atoms with Gasteiger partial charge in [0, 0.05) is 23.5 Å². The molecule has 0 aromatic carbocycles. The monoisotopic (exact) mass is 431 g/mol. The minimum Gasteiger partial charge on any atom is -0.386 e. The Bertz CT molecular complexity index is 820. The van der Waals surface area contributed by atoms with Gasteiger partial charge in [-0.15, -0.1) is 22.7 Å². The number of nitrogens with zero attached hydrogens (tertiary/aromatic N) is 1. The van der Waals surface area contributed by atoms with E-state index >= 15 is 0 Å². The summed E-state index contributed by atoms with van der Waals surface area (Å²) in [5, 5.41) is 16.2. The van der Waals surface area contributed by atoms with Crippen LogP contribution in [0.5, 0.6) is 0 Å². The van der Waals surface area contributed by atoms with Gasteiger partial charge in [0.15, 0.2) is 0 Å². The van der Waals surface area contributed by atoms with Gasteiger partial charge in [0.25, 0.3) is 0 Å². The van der Waals surface area contributed by atoms with E-state index in [1.165, 1.54) is 16.2 Å². The van der Waals surface area contributed by atoms with Crippen molar-refractivity contribution in [2.24, 2.45) is 5.73 Å². The molecule has 122 valence electrons. The quantitative estimate of drug-likeness (QED) is 0.508. The molecule has 0 aliphatic heterocycles. The number of aromatic nitrogens is 1. The lowest BCUT2D eigenvalue weighted by Gasteiger charge is -2.12. The van der Waals surface area contributed by atoms with Crippen molar-refractivity contribution in [2.45, 2.75) is 25.6 Å². The van der Waals surface area contributed by atoms with Crippen LogP contribution >= 0.6 is 50.2 Å². The van der Waals surface area contributed by atoms with Gasteiger partial charge < -0.3 is 16.2 Å². The molecule has 0 radical (unpaired) electrons. The molecular weight excluding hydrogens is 418 g/mol. The van der Waals surface area contributed by atoms with Crippen LogP contribution in [0.2, 0.25) is 5.15 Å². The van der Waals surface area contributed by atoms with E-state index in [1.807, 2.05) is 17.5 Å². The molecule has 4 nitrogen and oxygen atoms in total. The Hall–Kier alpha value is -0.700. The second kappa shape index (κ2) is 7.04. The van der Waals surface area contributed by atoms with Gasteiger partial charge in [-0.25, -0.2) is 4.98 Å². The van der Waals surface area contributed by atoms with Crippen molar-refractivity contribution in [3.05, 3.63) is 43.0 Å². The number of anilines is 1. The highest BCUT2D eigenvalue weighted by molar-refractivity contribution is 9.10. The number of fused-ring (bicyclic) bond motifs is 1. The van der Waals surface area contributed by atoms with Crippen molar-refractivity contribution in [1.82, 2.24) is 4.98 Å². The molecule has 2 atom stereocenters. The zero-order valence-electron chi connectivity index (χ0n) is 12.2. The number of nitrogens with two attached hydrogens (primary N) is 1. The maximum Gasteiger partial charge on any atom is 0.131 e. The van der Waals surface area contributed by atoms with Gasteiger partial charge in [-0.2, -0.15) is 0 Å². The molecule has 3 rings (SSSR count). The highest BCUT2D eigenvalue weighted by atomic mass is 79.9. The zero-order valence-corrected chi connectivity index (χ0v) is 16.2. The number of thiophene rings is 2. The Kier molecular flexibility index (Phi) is 5.25. The lowest BCUT2D eigenvalue weighted by Crippen LogP contribution is -2.23. The molecule has 0 amide bonds. The van der Waals surface area contributed by atoms with E-state index in [-0.39, 0.29) is 6.04 Å². The summed E-state index contributed by atoms with van der Waals surface area (Å²) in [6.45, 7) is 2.49. The highest BCUT2D eigenvalue weighted by Crippen LogP contribution is 2.43. The maximum atomic E-state index is 10.3. The van der Waals surface area contributed by atoms with E-state index < -0.39 is 6.10 Å². The summed E-state index contributed by atoms with van der Waals surface area (Å²) < 4.78 is 1.71. The molecule has 0 spiro atoms. The fourth-order valence-corrected chi connectivity index (χ4v) is 5.14. The lowest BCUT2D eigenvalue weighted by molar-refractivity contribution is 0.156. The first kappa shape index (κ1) is 17.1. The van der Waals surface area contributed by atoms with E-state index in [2.05, 4.69) is 32.3 Å². The van der Waals surface area contributed by atoms with E-state index in [0.717, 1.165) is 25.3 Å². The maximum absolute atomic E-state index is 10.3. The molecule has 3 aromatic rings. The molecule has 3 heterocycles. The van der Waals surface area contributed by atoms with Crippen LogP contribution in [-0.4, -0.2) is 16.1 Å². The molecule has 23 heavy (non-hydrogen) atoms. The van der Waals surface area contributed by atoms with Crippen molar-refractivity contribution < 1.29 is 5.11 Å². The minimum absolute atomic E-state index is 0.364. The number of aliphatic hydroxyl groups excluding tert-OH is 1. The van der Waals surface area contributed by atoms with Crippen LogP contribution in [-0.2, 0) is 6.54 Å². The average molecular weight is 433 g/mol. The molecule has 3 aromatic heterocycles. The third kappa shape index (κ3) is 3.55. The summed E-state index contributed by atoms with van der Waals surface area (Å²) >= 11 is 12.9. The van der Waals surface area contributed by atoms with Crippen LogP contribution in [0.15, 0.2) is 28.1 Å². The molecule has 0 bridgehead atoms. The van der Waals surface area contributed by atoms with Crippen molar-refractivity contribution in [3.63, 3.8) is 0 Å². The summed E-state index contributed by atoms with van der Waals surface area (Å²) in [5.41, 5.74) is 7.47. The molecule has 0 aliphatic rings. The molecule has 2 unspecified atom stereocenters. The van der Waals surface area contributed by atoms with E-state index in [4.69, 9.17) is 17.3 Å². The predicted octanol–water partition coefficient (Wildman–Crippen LogP) is 4.77. The van der Waals surface area contributed by atoms with Crippen LogP contribution in [0.4, 0.5) is 5.69 Å². The van der Waals surface area contributed by atoms with Gasteiger partial charge in [0.05, 0.1) is 25.3 Å². The Morgan fingerprint density at radius 1 is 1.52 bits per heavy atom. The third-order valence-electron chi connectivity index (χ3n) is 3.38. The summed E-state index contributed by atoms with van der Waals surface area (Å²) in [4.78, 5) is 6.38. The van der Waals surface area contributed by atoms with E-state index in [0.29, 0.717) is 11.7 Å². The van der Waals surface area contributed by atoms with Gasteiger partial charge in [0.1, 0.15) is 11.3 Å². The number of hydrogen-bond donors (Lipinski definition) is 3. The minimum atomic E-state index is -0.743. The number of pyridine rings is 1. The topological polar surface area (TPSA) is 71.2 Å². The Morgan fingerprint density at radius 2 is 2.30 bits per heavy atom. The third-order valence-corrected chi connectivity index (χ3v) is 6.80. The van der Waals surface area contributed by atoms with Crippen LogP contribution in [0.3, 0.4) is 0 Å². The Labute approximate surface area is 155 Å². The first-order valence-corrected chi connectivity index (χ1v) is 9.82. The first-order valence-electron chi connectivity index (χ1n) is 6.95. The fraction of sp³-hybridized carbons (Fsp3) is 0.267. The number of halogens is 2. The van der Waals surface area contributed by atoms with Crippen LogP contribution in [0.1, 0.15) is 22.8 Å². The van der Waals surface area contributed by atoms with Gasteiger partial charge in [-0.05, 0) is 34.3 Å². The normalized spacial score (nSPS) is 14.1. The molecule has 0 aliphatic carbocycles. The zero-order chi connectivity index (χ0) is 16.6. The fourth-order valence-electron chi connectivity index (χ4n) is 2.18. The predicted molar refractivity (Wildman–Crippen MR) is 103 cm³/mol. The van der Waals surface area contributed by atoms with Crippen molar-refractivity contribution in [3.8, 4) is 0 Å². The molecule has 0 saturated carbocycles.